The van der Waals surface area contributed by atoms with Gasteiger partial charge in [-0.25, -0.2) is 0 Å². The van der Waals surface area contributed by atoms with Crippen LogP contribution in [0.1, 0.15) is 57.6 Å². The molecule has 0 aliphatic carbocycles. The number of aryl methyl sites for hydroxylation is 1. The summed E-state index contributed by atoms with van der Waals surface area (Å²) in [5.41, 5.74) is 3.19. The quantitative estimate of drug-likeness (QED) is 0.592. The van der Waals surface area contributed by atoms with Gasteiger partial charge in [-0.15, -0.1) is 0 Å². The van der Waals surface area contributed by atoms with Crippen LogP contribution in [-0.4, -0.2) is 6.10 Å². The van der Waals surface area contributed by atoms with E-state index in [0.717, 1.165) is 48.1 Å². The molecule has 0 aliphatic heterocycles. The standard InChI is InChI=1S/C17H25ClO/c1-6-8-15(9-7-2)19-17-13(5)10-14(12(3)4)11-16(17)18/h10-11,15H,3,6-9H2,1-2,4-5H3. The van der Waals surface area contributed by atoms with E-state index in [0.29, 0.717) is 5.02 Å². The molecule has 0 heterocycles. The highest BCUT2D eigenvalue weighted by Gasteiger charge is 2.14. The van der Waals surface area contributed by atoms with E-state index in [1.807, 2.05) is 19.9 Å². The van der Waals surface area contributed by atoms with Crippen molar-refractivity contribution in [1.29, 1.82) is 0 Å². The van der Waals surface area contributed by atoms with Crippen LogP contribution in [0.4, 0.5) is 0 Å². The van der Waals surface area contributed by atoms with Gasteiger partial charge in [-0.1, -0.05) is 50.4 Å². The first-order chi connectivity index (χ1) is 8.99. The second-order valence-corrected chi connectivity index (χ2v) is 5.61. The van der Waals surface area contributed by atoms with Crippen LogP contribution in [0.5, 0.6) is 5.75 Å². The number of halogens is 1. The first-order valence-electron chi connectivity index (χ1n) is 7.12. The monoisotopic (exact) mass is 280 g/mol. The molecular weight excluding hydrogens is 256 g/mol. The highest BCUT2D eigenvalue weighted by atomic mass is 35.5. The molecule has 0 fully saturated rings. The highest BCUT2D eigenvalue weighted by Crippen LogP contribution is 2.33. The first-order valence-corrected chi connectivity index (χ1v) is 7.50. The van der Waals surface area contributed by atoms with E-state index in [2.05, 4.69) is 26.5 Å². The fraction of sp³-hybridized carbons (Fsp3) is 0.529. The molecule has 0 aliphatic rings. The topological polar surface area (TPSA) is 9.23 Å². The number of hydrogen-bond donors (Lipinski definition) is 0. The Hall–Kier alpha value is -0.950. The molecule has 0 amide bonds. The lowest BCUT2D eigenvalue weighted by Crippen LogP contribution is -2.16. The Morgan fingerprint density at radius 1 is 1.26 bits per heavy atom. The molecule has 0 bridgehead atoms. The van der Waals surface area contributed by atoms with Crippen LogP contribution >= 0.6 is 11.6 Å². The molecule has 0 aromatic heterocycles. The third-order valence-electron chi connectivity index (χ3n) is 3.23. The number of benzene rings is 1. The van der Waals surface area contributed by atoms with Crippen molar-refractivity contribution in [2.24, 2.45) is 0 Å². The van der Waals surface area contributed by atoms with Gasteiger partial charge < -0.3 is 4.74 Å². The third-order valence-corrected chi connectivity index (χ3v) is 3.51. The Balaban J connectivity index is 2.96. The van der Waals surface area contributed by atoms with Gasteiger partial charge in [0.2, 0.25) is 0 Å². The highest BCUT2D eigenvalue weighted by molar-refractivity contribution is 6.32. The summed E-state index contributed by atoms with van der Waals surface area (Å²) in [6.45, 7) is 12.4. The van der Waals surface area contributed by atoms with Crippen molar-refractivity contribution < 1.29 is 4.74 Å². The molecule has 1 aromatic rings. The second kappa shape index (κ2) is 7.59. The predicted octanol–water partition coefficient (Wildman–Crippen LogP) is 6.03. The maximum atomic E-state index is 6.36. The summed E-state index contributed by atoms with van der Waals surface area (Å²) in [6, 6.07) is 4.04. The van der Waals surface area contributed by atoms with Gasteiger partial charge in [0.05, 0.1) is 11.1 Å². The van der Waals surface area contributed by atoms with Crippen LogP contribution < -0.4 is 4.74 Å². The minimum Gasteiger partial charge on any atom is -0.489 e. The Kier molecular flexibility index (Phi) is 6.44. The Labute approximate surface area is 122 Å². The van der Waals surface area contributed by atoms with Gasteiger partial charge in [0.1, 0.15) is 5.75 Å². The normalized spacial score (nSPS) is 10.8. The average molecular weight is 281 g/mol. The number of rotatable bonds is 7. The van der Waals surface area contributed by atoms with Crippen molar-refractivity contribution in [2.45, 2.75) is 59.5 Å². The summed E-state index contributed by atoms with van der Waals surface area (Å²) in [7, 11) is 0. The van der Waals surface area contributed by atoms with Crippen molar-refractivity contribution in [1.82, 2.24) is 0 Å². The summed E-state index contributed by atoms with van der Waals surface area (Å²) in [5.74, 6) is 0.832. The molecule has 19 heavy (non-hydrogen) atoms. The summed E-state index contributed by atoms with van der Waals surface area (Å²) >= 11 is 6.36. The van der Waals surface area contributed by atoms with E-state index < -0.39 is 0 Å². The van der Waals surface area contributed by atoms with Gasteiger partial charge in [0.25, 0.3) is 0 Å². The minimum atomic E-state index is 0.266. The van der Waals surface area contributed by atoms with Crippen LogP contribution in [-0.2, 0) is 0 Å². The molecule has 0 radical (unpaired) electrons. The van der Waals surface area contributed by atoms with E-state index in [1.54, 1.807) is 0 Å². The zero-order valence-corrected chi connectivity index (χ0v) is 13.3. The molecule has 1 rings (SSSR count). The second-order valence-electron chi connectivity index (χ2n) is 5.20. The van der Waals surface area contributed by atoms with E-state index in [-0.39, 0.29) is 6.10 Å². The molecular formula is C17H25ClO. The lowest BCUT2D eigenvalue weighted by molar-refractivity contribution is 0.178. The van der Waals surface area contributed by atoms with Gasteiger partial charge in [0, 0.05) is 0 Å². The van der Waals surface area contributed by atoms with Crippen molar-refractivity contribution in [3.63, 3.8) is 0 Å². The van der Waals surface area contributed by atoms with Gasteiger partial charge in [0.15, 0.2) is 0 Å². The molecule has 1 nitrogen and oxygen atoms in total. The molecule has 2 heteroatoms. The van der Waals surface area contributed by atoms with Gasteiger partial charge >= 0.3 is 0 Å². The Morgan fingerprint density at radius 3 is 2.26 bits per heavy atom. The van der Waals surface area contributed by atoms with E-state index >= 15 is 0 Å². The fourth-order valence-electron chi connectivity index (χ4n) is 2.20. The summed E-state index contributed by atoms with van der Waals surface area (Å²) in [4.78, 5) is 0. The van der Waals surface area contributed by atoms with E-state index in [4.69, 9.17) is 16.3 Å². The van der Waals surface area contributed by atoms with Crippen LogP contribution in [0.3, 0.4) is 0 Å². The SMILES string of the molecule is C=C(C)c1cc(C)c(OC(CCC)CCC)c(Cl)c1. The van der Waals surface area contributed by atoms with Crippen LogP contribution in [0.25, 0.3) is 5.57 Å². The summed E-state index contributed by atoms with van der Waals surface area (Å²) in [5, 5.41) is 0.690. The minimum absolute atomic E-state index is 0.266. The van der Waals surface area contributed by atoms with Crippen molar-refractivity contribution in [3.8, 4) is 5.75 Å². The zero-order valence-electron chi connectivity index (χ0n) is 12.6. The maximum absolute atomic E-state index is 6.36. The van der Waals surface area contributed by atoms with Gasteiger partial charge in [-0.2, -0.15) is 0 Å². The van der Waals surface area contributed by atoms with Crippen LogP contribution in [0.2, 0.25) is 5.02 Å². The van der Waals surface area contributed by atoms with Gasteiger partial charge in [-0.3, -0.25) is 0 Å². The van der Waals surface area contributed by atoms with Crippen LogP contribution in [0, 0.1) is 6.92 Å². The summed E-state index contributed by atoms with van der Waals surface area (Å²) in [6.07, 6.45) is 4.68. The number of ether oxygens (including phenoxy) is 1. The molecule has 0 saturated heterocycles. The van der Waals surface area contributed by atoms with Gasteiger partial charge in [-0.05, 0) is 49.9 Å². The molecule has 0 unspecified atom stereocenters. The molecule has 0 saturated carbocycles. The fourth-order valence-corrected chi connectivity index (χ4v) is 2.51. The third kappa shape index (κ3) is 4.58. The van der Waals surface area contributed by atoms with Crippen LogP contribution in [0.15, 0.2) is 18.7 Å². The van der Waals surface area contributed by atoms with Crippen molar-refractivity contribution in [3.05, 3.63) is 34.9 Å². The largest absolute Gasteiger partial charge is 0.489 e. The predicted molar refractivity (Wildman–Crippen MR) is 85.1 cm³/mol. The van der Waals surface area contributed by atoms with Crippen molar-refractivity contribution in [2.75, 3.05) is 0 Å². The lowest BCUT2D eigenvalue weighted by atomic mass is 10.0. The molecule has 0 spiro atoms. The number of hydrogen-bond acceptors (Lipinski definition) is 1. The smallest absolute Gasteiger partial charge is 0.141 e. The molecule has 0 N–H and O–H groups in total. The molecule has 106 valence electrons. The lowest BCUT2D eigenvalue weighted by Gasteiger charge is -2.21. The maximum Gasteiger partial charge on any atom is 0.141 e. The van der Waals surface area contributed by atoms with E-state index in [1.165, 1.54) is 0 Å². The molecule has 0 atom stereocenters. The summed E-state index contributed by atoms with van der Waals surface area (Å²) < 4.78 is 6.13. The Morgan fingerprint density at radius 2 is 1.84 bits per heavy atom. The molecule has 1 aromatic carbocycles. The first kappa shape index (κ1) is 16.1. The van der Waals surface area contributed by atoms with Crippen molar-refractivity contribution >= 4 is 17.2 Å². The number of allylic oxidation sites excluding steroid dienone is 1. The van der Waals surface area contributed by atoms with E-state index in [9.17, 15) is 0 Å². The average Bonchev–Trinajstić information content (AvgIpc) is 2.33. The Bertz CT molecular complexity index is 408. The zero-order chi connectivity index (χ0) is 14.4.